The van der Waals surface area contributed by atoms with Gasteiger partial charge >= 0.3 is 0 Å². The Bertz CT molecular complexity index is 875. The number of hydrogen-bond donors (Lipinski definition) is 1. The van der Waals surface area contributed by atoms with Crippen LogP contribution in [0, 0.1) is 0 Å². The van der Waals surface area contributed by atoms with E-state index in [9.17, 15) is 4.79 Å². The van der Waals surface area contributed by atoms with Crippen molar-refractivity contribution in [2.24, 2.45) is 0 Å². The molecule has 2 aromatic carbocycles. The number of hydrogen-bond acceptors (Lipinski definition) is 4. The standard InChI is InChI=1S/C26H34NO4Si/c1-26(2,3)19-12-14-21(15-13-19)32(20-9-5-4-6-10-20)30-18-22-23(17-24(28)27-22)31-25-11-7-8-16-29-25/h4-6,9-10,12-15,22-23,25H,7-8,11,16-18H2,1-3H3,(H,27,28)/t22-,23-,25-/m1/s1. The van der Waals surface area contributed by atoms with E-state index in [4.69, 9.17) is 13.9 Å². The molecule has 0 saturated carbocycles. The Balaban J connectivity index is 1.48. The van der Waals surface area contributed by atoms with E-state index < -0.39 is 9.04 Å². The van der Waals surface area contributed by atoms with Crippen molar-refractivity contribution in [1.29, 1.82) is 0 Å². The Morgan fingerprint density at radius 2 is 1.75 bits per heavy atom. The molecular formula is C26H34NO4Si. The second kappa shape index (κ2) is 10.3. The van der Waals surface area contributed by atoms with Gasteiger partial charge in [-0.3, -0.25) is 4.79 Å². The van der Waals surface area contributed by atoms with Gasteiger partial charge in [0.1, 0.15) is 0 Å². The number of benzene rings is 2. The quantitative estimate of drug-likeness (QED) is 0.657. The first-order valence-corrected chi connectivity index (χ1v) is 13.0. The molecule has 0 spiro atoms. The highest BCUT2D eigenvalue weighted by atomic mass is 28.3. The second-order valence-corrected chi connectivity index (χ2v) is 11.8. The first-order valence-electron chi connectivity index (χ1n) is 11.6. The van der Waals surface area contributed by atoms with E-state index in [1.165, 1.54) is 15.9 Å². The van der Waals surface area contributed by atoms with Crippen molar-refractivity contribution < 1.29 is 18.7 Å². The maximum absolute atomic E-state index is 12.1. The van der Waals surface area contributed by atoms with Crippen LogP contribution in [0.2, 0.25) is 0 Å². The SMILES string of the molecule is CC(C)(C)c1ccc([Si](OC[C@H]2NC(=O)C[C@H]2O[C@@H]2CCCCO2)c2ccccc2)cc1. The van der Waals surface area contributed by atoms with Crippen molar-refractivity contribution >= 4 is 25.3 Å². The molecule has 3 atom stereocenters. The zero-order valence-corrected chi connectivity index (χ0v) is 20.3. The predicted octanol–water partition coefficient (Wildman–Crippen LogP) is 2.91. The van der Waals surface area contributed by atoms with Gasteiger partial charge in [0.05, 0.1) is 25.2 Å². The van der Waals surface area contributed by atoms with E-state index in [-0.39, 0.29) is 29.8 Å². The van der Waals surface area contributed by atoms with Crippen molar-refractivity contribution in [2.45, 2.75) is 70.3 Å². The molecule has 4 rings (SSSR count). The molecule has 171 valence electrons. The lowest BCUT2D eigenvalue weighted by Gasteiger charge is -2.29. The number of carbonyl (C=O) groups excluding carboxylic acids is 1. The maximum atomic E-state index is 12.1. The van der Waals surface area contributed by atoms with Gasteiger partial charge in [0, 0.05) is 6.61 Å². The fourth-order valence-corrected chi connectivity index (χ4v) is 6.18. The lowest BCUT2D eigenvalue weighted by molar-refractivity contribution is -0.190. The average molecular weight is 453 g/mol. The molecule has 2 aliphatic heterocycles. The van der Waals surface area contributed by atoms with Crippen LogP contribution in [0.3, 0.4) is 0 Å². The molecule has 2 saturated heterocycles. The molecule has 0 bridgehead atoms. The molecular weight excluding hydrogens is 418 g/mol. The lowest BCUT2D eigenvalue weighted by Crippen LogP contribution is -2.49. The van der Waals surface area contributed by atoms with Gasteiger partial charge in [0.2, 0.25) is 5.91 Å². The van der Waals surface area contributed by atoms with Crippen LogP contribution in [0.1, 0.15) is 52.0 Å². The Labute approximate surface area is 193 Å². The summed E-state index contributed by atoms with van der Waals surface area (Å²) in [6.07, 6.45) is 3.00. The van der Waals surface area contributed by atoms with Crippen molar-refractivity contribution in [2.75, 3.05) is 13.2 Å². The Morgan fingerprint density at radius 1 is 1.03 bits per heavy atom. The predicted molar refractivity (Wildman–Crippen MR) is 128 cm³/mol. The van der Waals surface area contributed by atoms with Crippen molar-refractivity contribution in [1.82, 2.24) is 5.32 Å². The fourth-order valence-electron chi connectivity index (χ4n) is 4.21. The Kier molecular flexibility index (Phi) is 7.46. The van der Waals surface area contributed by atoms with Crippen molar-refractivity contribution in [3.8, 4) is 0 Å². The molecule has 0 aromatic heterocycles. The minimum absolute atomic E-state index is 0.0161. The lowest BCUT2D eigenvalue weighted by atomic mass is 9.87. The first kappa shape index (κ1) is 23.2. The van der Waals surface area contributed by atoms with Crippen molar-refractivity contribution in [3.05, 3.63) is 60.2 Å². The molecule has 2 fully saturated rings. The third-order valence-corrected chi connectivity index (χ3v) is 8.27. The summed E-state index contributed by atoms with van der Waals surface area (Å²) in [6, 6.07) is 19.0. The van der Waals surface area contributed by atoms with E-state index in [2.05, 4.69) is 74.6 Å². The minimum Gasteiger partial charge on any atom is -0.405 e. The van der Waals surface area contributed by atoms with E-state index in [0.717, 1.165) is 25.9 Å². The average Bonchev–Trinajstić information content (AvgIpc) is 3.14. The summed E-state index contributed by atoms with van der Waals surface area (Å²) in [6.45, 7) is 7.82. The number of amides is 1. The maximum Gasteiger partial charge on any atom is 0.282 e. The second-order valence-electron chi connectivity index (χ2n) is 9.68. The van der Waals surface area contributed by atoms with Crippen LogP contribution < -0.4 is 15.7 Å². The number of carbonyl (C=O) groups is 1. The highest BCUT2D eigenvalue weighted by Crippen LogP contribution is 2.22. The van der Waals surface area contributed by atoms with Crippen LogP contribution >= 0.6 is 0 Å². The molecule has 5 nitrogen and oxygen atoms in total. The monoisotopic (exact) mass is 452 g/mol. The van der Waals surface area contributed by atoms with Gasteiger partial charge in [0.25, 0.3) is 9.04 Å². The zero-order chi connectivity index (χ0) is 22.6. The van der Waals surface area contributed by atoms with Gasteiger partial charge < -0.3 is 19.2 Å². The molecule has 6 heteroatoms. The van der Waals surface area contributed by atoms with Crippen LogP contribution in [0.15, 0.2) is 54.6 Å². The van der Waals surface area contributed by atoms with E-state index >= 15 is 0 Å². The summed E-state index contributed by atoms with van der Waals surface area (Å²) in [5, 5.41) is 5.45. The summed E-state index contributed by atoms with van der Waals surface area (Å²) in [5.41, 5.74) is 1.42. The number of rotatable bonds is 7. The minimum atomic E-state index is -1.46. The highest BCUT2D eigenvalue weighted by molar-refractivity contribution is 6.80. The van der Waals surface area contributed by atoms with Crippen molar-refractivity contribution in [3.63, 3.8) is 0 Å². The van der Waals surface area contributed by atoms with Gasteiger partial charge in [-0.15, -0.1) is 0 Å². The summed E-state index contributed by atoms with van der Waals surface area (Å²) < 4.78 is 18.4. The fraction of sp³-hybridized carbons (Fsp3) is 0.500. The van der Waals surface area contributed by atoms with Gasteiger partial charge in [-0.1, -0.05) is 75.4 Å². The van der Waals surface area contributed by atoms with Crippen LogP contribution in [0.5, 0.6) is 0 Å². The van der Waals surface area contributed by atoms with Crippen LogP contribution in [-0.2, 0) is 24.1 Å². The topological polar surface area (TPSA) is 56.8 Å². The number of nitrogens with one attached hydrogen (secondary N) is 1. The van der Waals surface area contributed by atoms with E-state index in [1.807, 2.05) is 6.07 Å². The third kappa shape index (κ3) is 5.87. The molecule has 1 radical (unpaired) electrons. The molecule has 0 aliphatic carbocycles. The van der Waals surface area contributed by atoms with Crippen LogP contribution in [-0.4, -0.2) is 46.6 Å². The summed E-state index contributed by atoms with van der Waals surface area (Å²) in [7, 11) is -1.46. The first-order chi connectivity index (χ1) is 15.4. The molecule has 1 N–H and O–H groups in total. The molecule has 2 heterocycles. The Morgan fingerprint density at radius 3 is 2.41 bits per heavy atom. The van der Waals surface area contributed by atoms with Gasteiger partial charge in [0.15, 0.2) is 6.29 Å². The highest BCUT2D eigenvalue weighted by Gasteiger charge is 2.36. The van der Waals surface area contributed by atoms with E-state index in [1.54, 1.807) is 0 Å². The largest absolute Gasteiger partial charge is 0.405 e. The smallest absolute Gasteiger partial charge is 0.282 e. The van der Waals surface area contributed by atoms with Crippen LogP contribution in [0.4, 0.5) is 0 Å². The van der Waals surface area contributed by atoms with Gasteiger partial charge in [-0.05, 0) is 40.6 Å². The molecule has 0 unspecified atom stereocenters. The summed E-state index contributed by atoms with van der Waals surface area (Å²) in [5.74, 6) is 0.0161. The molecule has 2 aliphatic rings. The van der Waals surface area contributed by atoms with Gasteiger partial charge in [-0.25, -0.2) is 0 Å². The molecule has 2 aromatic rings. The molecule has 32 heavy (non-hydrogen) atoms. The normalized spacial score (nSPS) is 24.0. The third-order valence-electron chi connectivity index (χ3n) is 6.10. The molecule has 1 amide bonds. The van der Waals surface area contributed by atoms with Gasteiger partial charge in [-0.2, -0.15) is 0 Å². The number of ether oxygens (including phenoxy) is 2. The Hall–Kier alpha value is -1.99. The van der Waals surface area contributed by atoms with Crippen LogP contribution in [0.25, 0.3) is 0 Å². The summed E-state index contributed by atoms with van der Waals surface area (Å²) in [4.78, 5) is 12.1. The zero-order valence-electron chi connectivity index (χ0n) is 19.3. The summed E-state index contributed by atoms with van der Waals surface area (Å²) >= 11 is 0. The van der Waals surface area contributed by atoms with E-state index in [0.29, 0.717) is 13.0 Å².